The van der Waals surface area contributed by atoms with Crippen LogP contribution in [-0.2, 0) is 9.59 Å². The van der Waals surface area contributed by atoms with Gasteiger partial charge in [-0.15, -0.1) is 0 Å². The first-order valence-corrected chi connectivity index (χ1v) is 8.25. The van der Waals surface area contributed by atoms with Crippen LogP contribution in [-0.4, -0.2) is 31.1 Å². The summed E-state index contributed by atoms with van der Waals surface area (Å²) in [5, 5.41) is 2.22. The number of amides is 2. The zero-order chi connectivity index (χ0) is 19.6. The number of carbonyl (C=O) groups is 2. The maximum Gasteiger partial charge on any atom is 0.270 e. The Morgan fingerprint density at radius 2 is 1.85 bits per heavy atom. The van der Waals surface area contributed by atoms with E-state index in [0.717, 1.165) is 4.90 Å². The minimum absolute atomic E-state index is 0.0454. The molecule has 8 heteroatoms. The van der Waals surface area contributed by atoms with Crippen molar-refractivity contribution in [1.29, 1.82) is 0 Å². The zero-order valence-corrected chi connectivity index (χ0v) is 15.3. The number of benzene rings is 2. The quantitative estimate of drug-likeness (QED) is 0.497. The summed E-state index contributed by atoms with van der Waals surface area (Å²) >= 11 is 5.06. The summed E-state index contributed by atoms with van der Waals surface area (Å²) in [4.78, 5) is 26.2. The van der Waals surface area contributed by atoms with E-state index in [2.05, 4.69) is 5.32 Å². The largest absolute Gasteiger partial charge is 0.497 e. The number of thiocarbonyl (C=S) groups is 1. The molecular formula is C19H15FN2O4S. The smallest absolute Gasteiger partial charge is 0.270 e. The van der Waals surface area contributed by atoms with Gasteiger partial charge in [0.15, 0.2) is 5.11 Å². The number of methoxy groups -OCH3 is 2. The average molecular weight is 386 g/mol. The molecule has 27 heavy (non-hydrogen) atoms. The van der Waals surface area contributed by atoms with Crippen LogP contribution >= 0.6 is 12.2 Å². The molecule has 0 radical (unpaired) electrons. The molecule has 0 saturated carbocycles. The van der Waals surface area contributed by atoms with Crippen molar-refractivity contribution in [3.8, 4) is 11.5 Å². The molecule has 2 amide bonds. The molecule has 0 aromatic heterocycles. The van der Waals surface area contributed by atoms with E-state index in [1.54, 1.807) is 24.3 Å². The van der Waals surface area contributed by atoms with Crippen LogP contribution < -0.4 is 19.7 Å². The highest BCUT2D eigenvalue weighted by Gasteiger charge is 2.35. The molecule has 2 aromatic rings. The molecule has 1 fully saturated rings. The number of carbonyl (C=O) groups excluding carboxylic acids is 2. The van der Waals surface area contributed by atoms with Crippen LogP contribution in [0.15, 0.2) is 48.0 Å². The zero-order valence-electron chi connectivity index (χ0n) is 14.5. The third-order valence-corrected chi connectivity index (χ3v) is 4.22. The normalized spacial score (nSPS) is 15.7. The number of ether oxygens (including phenoxy) is 2. The Balaban J connectivity index is 2.09. The molecule has 3 rings (SSSR count). The molecule has 1 aliphatic rings. The Morgan fingerprint density at radius 1 is 1.11 bits per heavy atom. The van der Waals surface area contributed by atoms with Gasteiger partial charge in [-0.2, -0.15) is 0 Å². The minimum Gasteiger partial charge on any atom is -0.497 e. The standard InChI is InChI=1S/C19H15FN2O4S/c1-25-12-7-8-16(26-2)11(9-12)10-13-17(23)21-19(27)22(18(13)24)15-6-4-3-5-14(15)20/h3-10H,1-2H3,(H,21,23,27)/b13-10+. The first-order chi connectivity index (χ1) is 13.0. The number of hydrogen-bond donors (Lipinski definition) is 1. The summed E-state index contributed by atoms with van der Waals surface area (Å²) in [6.07, 6.45) is 1.36. The summed E-state index contributed by atoms with van der Waals surface area (Å²) in [7, 11) is 2.96. The lowest BCUT2D eigenvalue weighted by Crippen LogP contribution is -2.54. The molecule has 0 spiro atoms. The van der Waals surface area contributed by atoms with E-state index in [4.69, 9.17) is 21.7 Å². The second-order valence-corrected chi connectivity index (χ2v) is 5.90. The Hall–Kier alpha value is -3.26. The average Bonchev–Trinajstić information content (AvgIpc) is 2.66. The Bertz CT molecular complexity index is 974. The van der Waals surface area contributed by atoms with Crippen molar-refractivity contribution >= 4 is 40.9 Å². The fourth-order valence-corrected chi connectivity index (χ4v) is 2.89. The highest BCUT2D eigenvalue weighted by atomic mass is 32.1. The number of anilines is 1. The van der Waals surface area contributed by atoms with Crippen molar-refractivity contribution in [2.75, 3.05) is 19.1 Å². The molecule has 6 nitrogen and oxygen atoms in total. The van der Waals surface area contributed by atoms with Crippen LogP contribution in [0.3, 0.4) is 0 Å². The maximum absolute atomic E-state index is 14.2. The fourth-order valence-electron chi connectivity index (χ4n) is 2.62. The number of rotatable bonds is 4. The molecule has 1 heterocycles. The highest BCUT2D eigenvalue weighted by molar-refractivity contribution is 7.80. The molecule has 0 aliphatic carbocycles. The van der Waals surface area contributed by atoms with Gasteiger partial charge in [-0.05, 0) is 48.6 Å². The predicted molar refractivity (Wildman–Crippen MR) is 102 cm³/mol. The molecule has 0 bridgehead atoms. The molecule has 2 aromatic carbocycles. The molecule has 0 unspecified atom stereocenters. The summed E-state index contributed by atoms with van der Waals surface area (Å²) in [5.74, 6) is -1.09. The second kappa shape index (κ2) is 7.55. The minimum atomic E-state index is -0.737. The van der Waals surface area contributed by atoms with E-state index in [-0.39, 0.29) is 16.4 Å². The van der Waals surface area contributed by atoms with Gasteiger partial charge in [0.05, 0.1) is 19.9 Å². The SMILES string of the molecule is COc1ccc(OC)c(/C=C2\C(=O)NC(=S)N(c3ccccc3F)C2=O)c1. The van der Waals surface area contributed by atoms with Gasteiger partial charge in [-0.1, -0.05) is 12.1 Å². The summed E-state index contributed by atoms with van der Waals surface area (Å²) in [5.41, 5.74) is 0.200. The van der Waals surface area contributed by atoms with Crippen LogP contribution in [0.4, 0.5) is 10.1 Å². The van der Waals surface area contributed by atoms with Crippen molar-refractivity contribution in [3.05, 3.63) is 59.4 Å². The molecular weight excluding hydrogens is 371 g/mol. The molecule has 1 N–H and O–H groups in total. The first-order valence-electron chi connectivity index (χ1n) is 7.84. The topological polar surface area (TPSA) is 67.9 Å². The van der Waals surface area contributed by atoms with Gasteiger partial charge in [0.2, 0.25) is 0 Å². The van der Waals surface area contributed by atoms with Crippen LogP contribution in [0.2, 0.25) is 0 Å². The van der Waals surface area contributed by atoms with E-state index < -0.39 is 17.6 Å². The monoisotopic (exact) mass is 386 g/mol. The Morgan fingerprint density at radius 3 is 2.52 bits per heavy atom. The first kappa shape index (κ1) is 18.5. The molecule has 0 atom stereocenters. The van der Waals surface area contributed by atoms with Crippen LogP contribution in [0.25, 0.3) is 6.08 Å². The molecule has 138 valence electrons. The van der Waals surface area contributed by atoms with Gasteiger partial charge in [0, 0.05) is 5.56 Å². The van der Waals surface area contributed by atoms with E-state index in [0.29, 0.717) is 17.1 Å². The highest BCUT2D eigenvalue weighted by Crippen LogP contribution is 2.29. The van der Waals surface area contributed by atoms with E-state index >= 15 is 0 Å². The number of nitrogens with one attached hydrogen (secondary N) is 1. The number of hydrogen-bond acceptors (Lipinski definition) is 5. The van der Waals surface area contributed by atoms with Gasteiger partial charge in [-0.25, -0.2) is 9.29 Å². The summed E-state index contributed by atoms with van der Waals surface area (Å²) in [6, 6.07) is 10.6. The van der Waals surface area contributed by atoms with Crippen molar-refractivity contribution in [3.63, 3.8) is 0 Å². The third-order valence-electron chi connectivity index (χ3n) is 3.93. The van der Waals surface area contributed by atoms with Gasteiger partial charge in [0.25, 0.3) is 11.8 Å². The van der Waals surface area contributed by atoms with Crippen molar-refractivity contribution in [2.24, 2.45) is 0 Å². The molecule has 1 aliphatic heterocycles. The lowest BCUT2D eigenvalue weighted by Gasteiger charge is -2.29. The van der Waals surface area contributed by atoms with Crippen LogP contribution in [0, 0.1) is 5.82 Å². The van der Waals surface area contributed by atoms with Gasteiger partial charge >= 0.3 is 0 Å². The number of halogens is 1. The molecule has 1 saturated heterocycles. The fraction of sp³-hybridized carbons (Fsp3) is 0.105. The Labute approximate surface area is 160 Å². The lowest BCUT2D eigenvalue weighted by atomic mass is 10.1. The van der Waals surface area contributed by atoms with Crippen molar-refractivity contribution < 1.29 is 23.5 Å². The maximum atomic E-state index is 14.2. The van der Waals surface area contributed by atoms with Crippen molar-refractivity contribution in [1.82, 2.24) is 5.32 Å². The number of nitrogens with zero attached hydrogens (tertiary/aromatic N) is 1. The van der Waals surface area contributed by atoms with Gasteiger partial charge < -0.3 is 9.47 Å². The summed E-state index contributed by atoms with van der Waals surface area (Å²) in [6.45, 7) is 0. The van der Waals surface area contributed by atoms with Gasteiger partial charge in [0.1, 0.15) is 22.9 Å². The second-order valence-electron chi connectivity index (χ2n) is 5.52. The van der Waals surface area contributed by atoms with Crippen LogP contribution in [0.5, 0.6) is 11.5 Å². The lowest BCUT2D eigenvalue weighted by molar-refractivity contribution is -0.122. The Kier molecular flexibility index (Phi) is 5.18. The van der Waals surface area contributed by atoms with E-state index in [1.807, 2.05) is 0 Å². The van der Waals surface area contributed by atoms with Crippen molar-refractivity contribution in [2.45, 2.75) is 0 Å². The van der Waals surface area contributed by atoms with Gasteiger partial charge in [-0.3, -0.25) is 14.9 Å². The van der Waals surface area contributed by atoms with E-state index in [9.17, 15) is 14.0 Å². The van der Waals surface area contributed by atoms with Crippen LogP contribution in [0.1, 0.15) is 5.56 Å². The predicted octanol–water partition coefficient (Wildman–Crippen LogP) is 2.67. The third kappa shape index (κ3) is 3.52. The summed E-state index contributed by atoms with van der Waals surface area (Å²) < 4.78 is 24.6. The number of para-hydroxylation sites is 1. The van der Waals surface area contributed by atoms with E-state index in [1.165, 1.54) is 38.5 Å².